The van der Waals surface area contributed by atoms with E-state index in [1.807, 2.05) is 174 Å². The van der Waals surface area contributed by atoms with Crippen LogP contribution in [0.4, 0.5) is 0 Å². The molecule has 16 nitrogen and oxygen atoms in total. The molecule has 4 amide bonds. The number of hydrogen-bond donors (Lipinski definition) is 2. The summed E-state index contributed by atoms with van der Waals surface area (Å²) in [4.78, 5) is 85.1. The number of carbonyl (C=O) groups excluding carboxylic acids is 6. The second kappa shape index (κ2) is 37.8. The Morgan fingerprint density at radius 3 is 1.28 bits per heavy atom. The van der Waals surface area contributed by atoms with Gasteiger partial charge < -0.3 is 41.1 Å². The van der Waals surface area contributed by atoms with Crippen LogP contribution in [-0.4, -0.2) is 158 Å². The molecule has 4 aromatic carbocycles. The first-order chi connectivity index (χ1) is 39.0. The fourth-order valence-corrected chi connectivity index (χ4v) is 10.6. The number of rotatable bonds is 23. The van der Waals surface area contributed by atoms with Crippen LogP contribution in [0.1, 0.15) is 112 Å². The summed E-state index contributed by atoms with van der Waals surface area (Å²) in [5.74, 6) is -0.417. The molecule has 0 spiro atoms. The van der Waals surface area contributed by atoms with Crippen LogP contribution in [0, 0.1) is 17.8 Å². The van der Waals surface area contributed by atoms with Gasteiger partial charge in [-0.05, 0) is 128 Å². The third-order valence-electron chi connectivity index (χ3n) is 15.3. The zero-order valence-corrected chi connectivity index (χ0v) is 51.8. The van der Waals surface area contributed by atoms with E-state index in [1.165, 1.54) is 0 Å². The average molecular weight is 1150 g/mol. The van der Waals surface area contributed by atoms with Crippen molar-refractivity contribution in [2.45, 2.75) is 105 Å². The number of aliphatic hydroxyl groups is 1. The van der Waals surface area contributed by atoms with Crippen molar-refractivity contribution >= 4 is 67.5 Å². The van der Waals surface area contributed by atoms with E-state index in [4.69, 9.17) is 22.0 Å². The molecule has 0 unspecified atom stereocenters. The first-order valence-corrected chi connectivity index (χ1v) is 28.9. The molecule has 4 aromatic rings. The maximum atomic E-state index is 12.9. The van der Waals surface area contributed by atoms with Gasteiger partial charge in [0, 0.05) is 85.4 Å². The summed E-state index contributed by atoms with van der Waals surface area (Å²) in [7, 11) is 0. The Hall–Kier alpha value is -6.31. The van der Waals surface area contributed by atoms with Crippen molar-refractivity contribution in [3.8, 4) is 0 Å². The Morgan fingerprint density at radius 1 is 0.590 bits per heavy atom. The van der Waals surface area contributed by atoms with Gasteiger partial charge in [-0.25, -0.2) is 9.63 Å². The number of halogens is 1. The number of benzene rings is 4. The summed E-state index contributed by atoms with van der Waals surface area (Å²) in [6.07, 6.45) is 2.89. The minimum atomic E-state index is -0.723. The van der Waals surface area contributed by atoms with Crippen LogP contribution in [0.3, 0.4) is 0 Å². The third-order valence-corrected chi connectivity index (χ3v) is 15.5. The number of esters is 2. The number of aliphatic hydroxyl groups excluding tert-OH is 1. The molecule has 3 aliphatic rings. The second-order valence-corrected chi connectivity index (χ2v) is 19.9. The van der Waals surface area contributed by atoms with Crippen LogP contribution < -0.4 is 23.7 Å². The molecule has 0 bridgehead atoms. The van der Waals surface area contributed by atoms with Crippen LogP contribution >= 0.6 is 11.8 Å². The van der Waals surface area contributed by atoms with E-state index in [-0.39, 0.29) is 82.2 Å². The molecule has 3 saturated carbocycles. The number of carbonyl (C=O) groups is 6. The number of hydrogen-bond acceptors (Lipinski definition) is 10. The van der Waals surface area contributed by atoms with E-state index < -0.39 is 16.8 Å². The second-order valence-electron chi connectivity index (χ2n) is 19.6. The first-order valence-electron chi connectivity index (χ1n) is 28.6. The molecule has 6 atom stereocenters. The van der Waals surface area contributed by atoms with Gasteiger partial charge in [0.2, 0.25) is 17.7 Å². The predicted molar refractivity (Wildman–Crippen MR) is 327 cm³/mol. The zero-order valence-electron chi connectivity index (χ0n) is 52.0. The number of likely N-dealkylation sites (N-methyl/N-ethyl adjacent to an activating group) is 4. The van der Waals surface area contributed by atoms with E-state index in [2.05, 4.69) is 33.1 Å². The molecule has 3 fully saturated rings. The van der Waals surface area contributed by atoms with E-state index in [1.54, 1.807) is 23.6 Å². The maximum absolute atomic E-state index is 12.9. The number of amides is 4. The van der Waals surface area contributed by atoms with Gasteiger partial charge in [-0.2, -0.15) is 4.79 Å². The van der Waals surface area contributed by atoms with Gasteiger partial charge in [0.15, 0.2) is 0 Å². The standard InChI is InChI=1S/C17H23NO3.C15H21ClN2O.C15H21NO2.C13H17NO.C4H6N2O2.B.Li.H/c1-4-18(5-2)16(20)17(13-10-8-7-9-11-13)12-14(17)15(19)21-6-3;1-3-18(4-2)14(19)15(10-13(15)11-17-16)12-8-6-5-7-9-12;1-3-16(4-2)14(18)15(10-13(15)11-17)12-8-6-5-7-9-12;1-4-14(5-2)13(15)11(3)12-9-7-6-8-10-12;1-2-8-4(7)3-6-5;;;/h7-11,14H,4-6,12H2,1-3H3;5-9,13,17H,3-4,10-11H2,1-2H3;5-9,13,17H,3-4,10-11H2,1-2H3;6-10H,3-5H2,1-2H3;3H,2H2,1H3;;;/q;;;;;;+1;-1/t14-,17+;2*13-,15+;;;;;/m000...../s1. The van der Waals surface area contributed by atoms with Crippen molar-refractivity contribution in [1.82, 2.24) is 24.4 Å². The van der Waals surface area contributed by atoms with Gasteiger partial charge in [-0.1, -0.05) is 128 Å². The molecule has 7 rings (SSSR count). The SMILES string of the molecule is C=C(C(=O)N(CC)CC)c1ccccc1.CCN(CC)C(=O)[C@@]1(c2ccccc2)C[C@H]1CNCl.CCN(CC)C(=O)[C@@]1(c2ccccc2)C[C@H]1CO.CCOC(=O)C=[N+]=[N-].CCOC(=O)[C@@H]1C[C@@]1(C(=O)N(CC)CC)c1ccccc1.[B].[H-].[Li+]. The van der Waals surface area contributed by atoms with Crippen molar-refractivity contribution in [1.29, 1.82) is 0 Å². The summed E-state index contributed by atoms with van der Waals surface area (Å²) in [5.41, 5.74) is 10.7. The van der Waals surface area contributed by atoms with Gasteiger partial charge >= 0.3 is 37.0 Å². The van der Waals surface area contributed by atoms with Crippen molar-refractivity contribution < 1.29 is 68.4 Å². The smallest absolute Gasteiger partial charge is 1.00 e. The Bertz CT molecular complexity index is 2670. The van der Waals surface area contributed by atoms with Crippen LogP contribution in [-0.2, 0) is 54.5 Å². The van der Waals surface area contributed by atoms with Crippen LogP contribution in [0.25, 0.3) is 11.1 Å². The normalized spacial score (nSPS) is 19.7. The molecule has 3 aliphatic carbocycles. The molecule has 2 N–H and O–H groups in total. The van der Waals surface area contributed by atoms with E-state index in [9.17, 15) is 33.9 Å². The largest absolute Gasteiger partial charge is 1.00 e. The molecule has 0 aromatic heterocycles. The van der Waals surface area contributed by atoms with Crippen molar-refractivity contribution in [3.05, 3.63) is 156 Å². The molecule has 3 radical (unpaired) electrons. The Morgan fingerprint density at radius 2 is 0.940 bits per heavy atom. The van der Waals surface area contributed by atoms with Crippen LogP contribution in [0.5, 0.6) is 0 Å². The molecule has 83 heavy (non-hydrogen) atoms. The van der Waals surface area contributed by atoms with E-state index >= 15 is 0 Å². The summed E-state index contributed by atoms with van der Waals surface area (Å²) >= 11 is 5.63. The minimum Gasteiger partial charge on any atom is -1.00 e. The average Bonchev–Trinajstić information content (AvgIpc) is 3.64. The molecular weight excluding hydrogens is 1060 g/mol. The van der Waals surface area contributed by atoms with Gasteiger partial charge in [0.1, 0.15) is 0 Å². The number of nitrogens with one attached hydrogen (secondary N) is 1. The Kier molecular flexibility index (Phi) is 34.0. The van der Waals surface area contributed by atoms with Crippen molar-refractivity contribution in [2.75, 3.05) is 78.7 Å². The fourth-order valence-electron chi connectivity index (χ4n) is 10.4. The third kappa shape index (κ3) is 19.1. The van der Waals surface area contributed by atoms with Crippen LogP contribution in [0.2, 0.25) is 0 Å². The summed E-state index contributed by atoms with van der Waals surface area (Å²) in [5, 5.41) is 9.41. The Labute approximate surface area is 514 Å². The van der Waals surface area contributed by atoms with Crippen molar-refractivity contribution in [2.24, 2.45) is 17.8 Å². The fraction of sp³-hybridized carbons (Fsp3) is 0.484. The molecule has 19 heteroatoms. The molecule has 0 saturated heterocycles. The Balaban J connectivity index is 0.00000104. The van der Waals surface area contributed by atoms with Crippen molar-refractivity contribution in [3.63, 3.8) is 0 Å². The summed E-state index contributed by atoms with van der Waals surface area (Å²) < 4.78 is 9.46. The molecule has 445 valence electrons. The number of ether oxygens (including phenoxy) is 2. The number of nitrogens with zero attached hydrogens (tertiary/aromatic N) is 6. The molecule has 0 heterocycles. The van der Waals surface area contributed by atoms with Gasteiger partial charge in [-0.15, -0.1) is 0 Å². The van der Waals surface area contributed by atoms with Gasteiger partial charge in [0.05, 0.1) is 35.4 Å². The molecular formula is C64H89BClLiN7O9. The van der Waals surface area contributed by atoms with Gasteiger partial charge in [0.25, 0.3) is 5.91 Å². The quantitative estimate of drug-likeness (QED) is 0.0172. The van der Waals surface area contributed by atoms with E-state index in [0.29, 0.717) is 57.0 Å². The van der Waals surface area contributed by atoms with E-state index in [0.717, 1.165) is 74.4 Å². The zero-order chi connectivity index (χ0) is 60.2. The first kappa shape index (κ1) is 74.7. The summed E-state index contributed by atoms with van der Waals surface area (Å²) in [6.45, 7) is 30.3. The van der Waals surface area contributed by atoms with Crippen LogP contribution in [0.15, 0.2) is 128 Å². The van der Waals surface area contributed by atoms with Gasteiger partial charge in [-0.3, -0.25) is 24.0 Å². The topological polar surface area (TPSA) is 202 Å². The summed E-state index contributed by atoms with van der Waals surface area (Å²) in [6, 6.07) is 39.1. The molecule has 0 aliphatic heterocycles. The predicted octanol–water partition coefficient (Wildman–Crippen LogP) is 5.89. The monoisotopic (exact) mass is 1150 g/mol. The minimum absolute atomic E-state index is 0. The maximum Gasteiger partial charge on any atom is 1.00 e.